The number of barbiturate groups is 1. The summed E-state index contributed by atoms with van der Waals surface area (Å²) in [4.78, 5) is 36.8. The molecule has 2 atom stereocenters. The van der Waals surface area contributed by atoms with Crippen LogP contribution in [-0.4, -0.2) is 28.8 Å². The van der Waals surface area contributed by atoms with Crippen molar-refractivity contribution in [3.8, 4) is 0 Å². The minimum absolute atomic E-state index is 0.0189. The Hall–Kier alpha value is -1.39. The smallest absolute Gasteiger partial charge is 0.277 e. The van der Waals surface area contributed by atoms with Crippen molar-refractivity contribution in [3.05, 3.63) is 0 Å². The van der Waals surface area contributed by atoms with Gasteiger partial charge in [-0.05, 0) is 17.8 Å². The minimum atomic E-state index is -0.732. The minimum Gasteiger partial charge on any atom is -0.277 e. The molecule has 1 saturated heterocycles. The Labute approximate surface area is 101 Å². The summed E-state index contributed by atoms with van der Waals surface area (Å²) >= 11 is 0. The normalized spacial score (nSPS) is 31.8. The lowest BCUT2D eigenvalue weighted by atomic mass is 9.91. The van der Waals surface area contributed by atoms with Crippen LogP contribution >= 0.6 is 0 Å². The summed E-state index contributed by atoms with van der Waals surface area (Å²) in [5.74, 6) is -1.64. The van der Waals surface area contributed by atoms with Gasteiger partial charge in [-0.15, -0.1) is 0 Å². The molecule has 0 spiro atoms. The fourth-order valence-electron chi connectivity index (χ4n) is 2.37. The molecule has 0 radical (unpaired) electrons. The predicted molar refractivity (Wildman–Crippen MR) is 60.9 cm³/mol. The largest absolute Gasteiger partial charge is 0.331 e. The van der Waals surface area contributed by atoms with Crippen molar-refractivity contribution in [2.24, 2.45) is 17.3 Å². The quantitative estimate of drug-likeness (QED) is 0.733. The molecule has 2 rings (SSSR count). The van der Waals surface area contributed by atoms with Gasteiger partial charge in [-0.3, -0.25) is 19.8 Å². The topological polar surface area (TPSA) is 66.5 Å². The molecule has 0 bridgehead atoms. The molecule has 0 aromatic rings. The van der Waals surface area contributed by atoms with Gasteiger partial charge in [0, 0.05) is 6.04 Å². The number of imide groups is 2. The SMILES string of the molecule is CC(C)C1C(=O)NC(=O)N(C2CC2(C)C)C1=O. The molecule has 5 heteroatoms. The van der Waals surface area contributed by atoms with Crippen molar-refractivity contribution in [1.82, 2.24) is 10.2 Å². The van der Waals surface area contributed by atoms with E-state index in [-0.39, 0.29) is 23.3 Å². The summed E-state index contributed by atoms with van der Waals surface area (Å²) in [7, 11) is 0. The van der Waals surface area contributed by atoms with Crippen LogP contribution in [0.5, 0.6) is 0 Å². The Morgan fingerprint density at radius 2 is 1.82 bits per heavy atom. The van der Waals surface area contributed by atoms with E-state index < -0.39 is 17.9 Å². The van der Waals surface area contributed by atoms with E-state index in [1.54, 1.807) is 0 Å². The van der Waals surface area contributed by atoms with Crippen LogP contribution in [0.3, 0.4) is 0 Å². The van der Waals surface area contributed by atoms with Crippen LogP contribution < -0.4 is 5.32 Å². The van der Waals surface area contributed by atoms with Gasteiger partial charge in [0.15, 0.2) is 0 Å². The standard InChI is InChI=1S/C12H18N2O3/c1-6(2)8-9(15)13-11(17)14(10(8)16)7-5-12(7,3)4/h6-8H,5H2,1-4H3,(H,13,15,17). The Morgan fingerprint density at radius 1 is 1.29 bits per heavy atom. The molecule has 0 aromatic carbocycles. The maximum absolute atomic E-state index is 12.2. The molecule has 0 aromatic heterocycles. The molecule has 1 heterocycles. The first-order valence-electron chi connectivity index (χ1n) is 5.93. The van der Waals surface area contributed by atoms with Gasteiger partial charge < -0.3 is 0 Å². The lowest BCUT2D eigenvalue weighted by Gasteiger charge is -2.32. The fourth-order valence-corrected chi connectivity index (χ4v) is 2.37. The predicted octanol–water partition coefficient (Wildman–Crippen LogP) is 1.14. The van der Waals surface area contributed by atoms with Gasteiger partial charge in [0.1, 0.15) is 5.92 Å². The number of rotatable bonds is 2. The highest BCUT2D eigenvalue weighted by atomic mass is 16.2. The molecule has 5 nitrogen and oxygen atoms in total. The van der Waals surface area contributed by atoms with Crippen molar-refractivity contribution in [1.29, 1.82) is 0 Å². The van der Waals surface area contributed by atoms with Crippen LogP contribution in [0.2, 0.25) is 0 Å². The monoisotopic (exact) mass is 238 g/mol. The van der Waals surface area contributed by atoms with E-state index in [9.17, 15) is 14.4 Å². The first-order chi connectivity index (χ1) is 7.75. The lowest BCUT2D eigenvalue weighted by Crippen LogP contribution is -2.60. The van der Waals surface area contributed by atoms with Crippen LogP contribution in [0.4, 0.5) is 4.79 Å². The zero-order valence-corrected chi connectivity index (χ0v) is 10.6. The van der Waals surface area contributed by atoms with Crippen molar-refractivity contribution >= 4 is 17.8 Å². The summed E-state index contributed by atoms with van der Waals surface area (Å²) in [6.45, 7) is 7.65. The van der Waals surface area contributed by atoms with Gasteiger partial charge >= 0.3 is 6.03 Å². The number of hydrogen-bond donors (Lipinski definition) is 1. The summed E-state index contributed by atoms with van der Waals surface area (Å²) in [5, 5.41) is 2.28. The molecule has 1 aliphatic carbocycles. The highest BCUT2D eigenvalue weighted by Crippen LogP contribution is 2.49. The number of nitrogens with zero attached hydrogens (tertiary/aromatic N) is 1. The number of carbonyl (C=O) groups is 3. The molecule has 2 aliphatic rings. The molecule has 4 amide bonds. The van der Waals surface area contributed by atoms with E-state index in [0.717, 1.165) is 6.42 Å². The van der Waals surface area contributed by atoms with Crippen molar-refractivity contribution in [3.63, 3.8) is 0 Å². The number of urea groups is 1. The van der Waals surface area contributed by atoms with Crippen molar-refractivity contribution < 1.29 is 14.4 Å². The van der Waals surface area contributed by atoms with E-state index in [4.69, 9.17) is 0 Å². The Balaban J connectivity index is 2.25. The second-order valence-corrected chi connectivity index (χ2v) is 5.93. The summed E-state index contributed by atoms with van der Waals surface area (Å²) in [5.41, 5.74) is -0.0189. The Kier molecular flexibility index (Phi) is 2.52. The zero-order chi connectivity index (χ0) is 13.0. The van der Waals surface area contributed by atoms with E-state index in [1.165, 1.54) is 4.90 Å². The van der Waals surface area contributed by atoms with Crippen LogP contribution in [0.1, 0.15) is 34.1 Å². The third-order valence-electron chi connectivity index (χ3n) is 3.67. The molecule has 2 fully saturated rings. The van der Waals surface area contributed by atoms with Crippen LogP contribution in [0.15, 0.2) is 0 Å². The van der Waals surface area contributed by atoms with Gasteiger partial charge in [0.05, 0.1) is 0 Å². The van der Waals surface area contributed by atoms with E-state index >= 15 is 0 Å². The highest BCUT2D eigenvalue weighted by molar-refractivity contribution is 6.16. The molecular weight excluding hydrogens is 220 g/mol. The molecule has 94 valence electrons. The van der Waals surface area contributed by atoms with Gasteiger partial charge in [-0.2, -0.15) is 0 Å². The third-order valence-corrected chi connectivity index (χ3v) is 3.67. The molecule has 17 heavy (non-hydrogen) atoms. The average molecular weight is 238 g/mol. The van der Waals surface area contributed by atoms with E-state index in [0.29, 0.717) is 0 Å². The summed E-state index contributed by atoms with van der Waals surface area (Å²) in [6, 6.07) is -0.628. The first kappa shape index (κ1) is 12.1. The number of nitrogens with one attached hydrogen (secondary N) is 1. The van der Waals surface area contributed by atoms with E-state index in [2.05, 4.69) is 5.32 Å². The zero-order valence-electron chi connectivity index (χ0n) is 10.6. The Morgan fingerprint density at radius 3 is 2.24 bits per heavy atom. The number of hydrogen-bond acceptors (Lipinski definition) is 3. The lowest BCUT2D eigenvalue weighted by molar-refractivity contribution is -0.145. The number of carbonyl (C=O) groups excluding carboxylic acids is 3. The molecule has 2 unspecified atom stereocenters. The highest BCUT2D eigenvalue weighted by Gasteiger charge is 2.56. The molecular formula is C12H18N2O3. The van der Waals surface area contributed by atoms with Gasteiger partial charge in [0.2, 0.25) is 11.8 Å². The maximum atomic E-state index is 12.2. The molecule has 1 saturated carbocycles. The number of amides is 4. The van der Waals surface area contributed by atoms with Crippen LogP contribution in [-0.2, 0) is 9.59 Å². The summed E-state index contributed by atoms with van der Waals surface area (Å²) < 4.78 is 0. The maximum Gasteiger partial charge on any atom is 0.331 e. The second kappa shape index (κ2) is 3.55. The van der Waals surface area contributed by atoms with Gasteiger partial charge in [-0.25, -0.2) is 4.79 Å². The third kappa shape index (κ3) is 1.83. The van der Waals surface area contributed by atoms with Crippen molar-refractivity contribution in [2.75, 3.05) is 0 Å². The van der Waals surface area contributed by atoms with Crippen LogP contribution in [0, 0.1) is 17.3 Å². The van der Waals surface area contributed by atoms with E-state index in [1.807, 2.05) is 27.7 Å². The van der Waals surface area contributed by atoms with Gasteiger partial charge in [0.25, 0.3) is 0 Å². The fraction of sp³-hybridized carbons (Fsp3) is 0.750. The Bertz CT molecular complexity index is 401. The van der Waals surface area contributed by atoms with Crippen molar-refractivity contribution in [2.45, 2.75) is 40.2 Å². The van der Waals surface area contributed by atoms with Crippen LogP contribution in [0.25, 0.3) is 0 Å². The average Bonchev–Trinajstić information content (AvgIpc) is 2.72. The summed E-state index contributed by atoms with van der Waals surface area (Å²) in [6.07, 6.45) is 0.811. The first-order valence-corrected chi connectivity index (χ1v) is 5.93. The molecule has 1 aliphatic heterocycles. The van der Waals surface area contributed by atoms with Gasteiger partial charge in [-0.1, -0.05) is 27.7 Å². The molecule has 1 N–H and O–H groups in total. The second-order valence-electron chi connectivity index (χ2n) is 5.93.